The molecule has 0 radical (unpaired) electrons. The highest BCUT2D eigenvalue weighted by molar-refractivity contribution is 6.08. The van der Waals surface area contributed by atoms with Gasteiger partial charge in [-0.3, -0.25) is 9.48 Å². The standard InChI is InChI=1S/C25H34N8O3/c1-16-26-21-14-17(8-9-33(21)28-16)27-23(34)18-6-7-20(19-15-30(5)29-22(18)19)31-10-12-32(13-11-31)24(35)36-25(2,3)4/h6-7,15,17H,8-14H2,1-5H3,(H,27,34). The molecule has 192 valence electrons. The first-order valence-corrected chi connectivity index (χ1v) is 12.5. The third kappa shape index (κ3) is 4.87. The van der Waals surface area contributed by atoms with Gasteiger partial charge in [-0.15, -0.1) is 0 Å². The van der Waals surface area contributed by atoms with Crippen molar-refractivity contribution in [3.8, 4) is 0 Å². The van der Waals surface area contributed by atoms with Crippen molar-refractivity contribution in [2.75, 3.05) is 31.1 Å². The largest absolute Gasteiger partial charge is 0.444 e. The van der Waals surface area contributed by atoms with Gasteiger partial charge < -0.3 is 19.9 Å². The molecule has 1 unspecified atom stereocenters. The van der Waals surface area contributed by atoms with E-state index in [-0.39, 0.29) is 18.0 Å². The molecule has 0 saturated carbocycles. The number of anilines is 1. The highest BCUT2D eigenvalue weighted by Crippen LogP contribution is 2.30. The van der Waals surface area contributed by atoms with Gasteiger partial charge in [0.05, 0.1) is 5.56 Å². The maximum absolute atomic E-state index is 13.3. The average molecular weight is 495 g/mol. The average Bonchev–Trinajstić information content (AvgIpc) is 3.38. The smallest absolute Gasteiger partial charge is 0.410 e. The second-order valence-electron chi connectivity index (χ2n) is 10.6. The molecule has 1 fully saturated rings. The van der Waals surface area contributed by atoms with Gasteiger partial charge in [-0.1, -0.05) is 0 Å². The molecule has 3 aromatic rings. The minimum Gasteiger partial charge on any atom is -0.444 e. The lowest BCUT2D eigenvalue weighted by Gasteiger charge is -2.37. The van der Waals surface area contributed by atoms with Crippen molar-refractivity contribution in [2.45, 2.75) is 58.7 Å². The van der Waals surface area contributed by atoms with Gasteiger partial charge in [-0.2, -0.15) is 10.2 Å². The maximum atomic E-state index is 13.3. The first-order chi connectivity index (χ1) is 17.1. The molecule has 0 bridgehead atoms. The van der Waals surface area contributed by atoms with Gasteiger partial charge in [-0.25, -0.2) is 14.5 Å². The molecule has 0 spiro atoms. The first-order valence-electron chi connectivity index (χ1n) is 12.5. The van der Waals surface area contributed by atoms with Crippen LogP contribution in [0, 0.1) is 6.92 Å². The molecule has 11 heteroatoms. The minimum absolute atomic E-state index is 0.00738. The summed E-state index contributed by atoms with van der Waals surface area (Å²) in [5, 5.41) is 13.1. The van der Waals surface area contributed by atoms with E-state index in [1.165, 1.54) is 0 Å². The van der Waals surface area contributed by atoms with Gasteiger partial charge in [0.1, 0.15) is 22.8 Å². The van der Waals surface area contributed by atoms with Gasteiger partial charge in [-0.05, 0) is 46.2 Å². The number of benzene rings is 1. The first kappa shape index (κ1) is 24.1. The van der Waals surface area contributed by atoms with E-state index in [2.05, 4.69) is 25.4 Å². The molecule has 11 nitrogen and oxygen atoms in total. The molecular weight excluding hydrogens is 460 g/mol. The number of ether oxygens (including phenoxy) is 1. The SMILES string of the molecule is Cc1nc2n(n1)CCC(NC(=O)c1ccc(N3CCN(C(=O)OC(C)(C)C)CC3)c3cn(C)nc13)C2. The molecule has 2 aromatic heterocycles. The Bertz CT molecular complexity index is 1300. The molecular formula is C25H34N8O3. The number of piperazine rings is 1. The third-order valence-corrected chi connectivity index (χ3v) is 6.59. The fourth-order valence-corrected chi connectivity index (χ4v) is 4.94. The van der Waals surface area contributed by atoms with E-state index in [1.807, 2.05) is 57.8 Å². The Balaban J connectivity index is 1.30. The van der Waals surface area contributed by atoms with E-state index in [1.54, 1.807) is 9.58 Å². The van der Waals surface area contributed by atoms with Crippen LogP contribution in [0.25, 0.3) is 10.9 Å². The summed E-state index contributed by atoms with van der Waals surface area (Å²) in [4.78, 5) is 34.2. The van der Waals surface area contributed by atoms with Crippen LogP contribution in [0.1, 0.15) is 49.2 Å². The molecule has 1 saturated heterocycles. The monoisotopic (exact) mass is 494 g/mol. The van der Waals surface area contributed by atoms with E-state index in [0.717, 1.165) is 35.7 Å². The number of fused-ring (bicyclic) bond motifs is 2. The lowest BCUT2D eigenvalue weighted by atomic mass is 10.0. The molecule has 1 aromatic carbocycles. The van der Waals surface area contributed by atoms with Gasteiger partial charge in [0, 0.05) is 69.5 Å². The molecule has 36 heavy (non-hydrogen) atoms. The Morgan fingerprint density at radius 2 is 1.83 bits per heavy atom. The zero-order chi connectivity index (χ0) is 25.6. The Hall–Kier alpha value is -3.63. The van der Waals surface area contributed by atoms with Crippen molar-refractivity contribution in [1.29, 1.82) is 0 Å². The van der Waals surface area contributed by atoms with E-state index < -0.39 is 5.60 Å². The van der Waals surface area contributed by atoms with Crippen LogP contribution >= 0.6 is 0 Å². The van der Waals surface area contributed by atoms with Gasteiger partial charge in [0.25, 0.3) is 5.91 Å². The number of rotatable bonds is 3. The summed E-state index contributed by atoms with van der Waals surface area (Å²) in [7, 11) is 1.86. The number of hydrogen-bond donors (Lipinski definition) is 1. The summed E-state index contributed by atoms with van der Waals surface area (Å²) in [5.74, 6) is 1.54. The number of carbonyl (C=O) groups excluding carboxylic acids is 2. The maximum Gasteiger partial charge on any atom is 0.410 e. The van der Waals surface area contributed by atoms with E-state index in [0.29, 0.717) is 43.7 Å². The topological polar surface area (TPSA) is 110 Å². The Morgan fingerprint density at radius 1 is 1.08 bits per heavy atom. The zero-order valence-corrected chi connectivity index (χ0v) is 21.6. The van der Waals surface area contributed by atoms with Crippen molar-refractivity contribution in [2.24, 2.45) is 7.05 Å². The summed E-state index contributed by atoms with van der Waals surface area (Å²) < 4.78 is 9.19. The number of nitrogens with one attached hydrogen (secondary N) is 1. The molecule has 5 rings (SSSR count). The predicted octanol–water partition coefficient (Wildman–Crippen LogP) is 2.28. The van der Waals surface area contributed by atoms with Crippen LogP contribution in [0.2, 0.25) is 0 Å². The third-order valence-electron chi connectivity index (χ3n) is 6.59. The minimum atomic E-state index is -0.513. The fourth-order valence-electron chi connectivity index (χ4n) is 4.94. The van der Waals surface area contributed by atoms with Crippen LogP contribution in [-0.4, -0.2) is 79.3 Å². The lowest BCUT2D eigenvalue weighted by molar-refractivity contribution is 0.0240. The Kier molecular flexibility index (Phi) is 6.09. The molecule has 2 aliphatic heterocycles. The second kappa shape index (κ2) is 9.11. The highest BCUT2D eigenvalue weighted by atomic mass is 16.6. The molecule has 2 amide bonds. The zero-order valence-electron chi connectivity index (χ0n) is 21.6. The van der Waals surface area contributed by atoms with E-state index >= 15 is 0 Å². The van der Waals surface area contributed by atoms with Gasteiger partial charge in [0.15, 0.2) is 0 Å². The van der Waals surface area contributed by atoms with Crippen LogP contribution in [0.5, 0.6) is 0 Å². The Labute approximate surface area is 210 Å². The fraction of sp³-hybridized carbons (Fsp3) is 0.560. The second-order valence-corrected chi connectivity index (χ2v) is 10.6. The molecule has 2 aliphatic rings. The summed E-state index contributed by atoms with van der Waals surface area (Å²) >= 11 is 0. The predicted molar refractivity (Wildman–Crippen MR) is 135 cm³/mol. The number of hydrogen-bond acceptors (Lipinski definition) is 7. The van der Waals surface area contributed by atoms with Crippen LogP contribution in [0.15, 0.2) is 18.3 Å². The summed E-state index contributed by atoms with van der Waals surface area (Å²) in [6.45, 7) is 10.8. The van der Waals surface area contributed by atoms with Crippen LogP contribution in [0.4, 0.5) is 10.5 Å². The number of aryl methyl sites for hydroxylation is 3. The van der Waals surface area contributed by atoms with Crippen LogP contribution < -0.4 is 10.2 Å². The summed E-state index contributed by atoms with van der Waals surface area (Å²) in [6, 6.07) is 3.85. The number of carbonyl (C=O) groups is 2. The van der Waals surface area contributed by atoms with Crippen LogP contribution in [-0.2, 0) is 24.8 Å². The van der Waals surface area contributed by atoms with Crippen molar-refractivity contribution < 1.29 is 14.3 Å². The highest BCUT2D eigenvalue weighted by Gasteiger charge is 2.28. The number of amides is 2. The van der Waals surface area contributed by atoms with Gasteiger partial charge >= 0.3 is 6.09 Å². The van der Waals surface area contributed by atoms with Crippen molar-refractivity contribution in [1.82, 2.24) is 34.8 Å². The Morgan fingerprint density at radius 3 is 2.56 bits per heavy atom. The van der Waals surface area contributed by atoms with E-state index in [4.69, 9.17) is 4.74 Å². The molecule has 4 heterocycles. The van der Waals surface area contributed by atoms with Gasteiger partial charge in [0.2, 0.25) is 0 Å². The quantitative estimate of drug-likeness (QED) is 0.595. The van der Waals surface area contributed by atoms with Crippen molar-refractivity contribution in [3.63, 3.8) is 0 Å². The van der Waals surface area contributed by atoms with Crippen molar-refractivity contribution >= 4 is 28.6 Å². The van der Waals surface area contributed by atoms with E-state index in [9.17, 15) is 9.59 Å². The van der Waals surface area contributed by atoms with Crippen molar-refractivity contribution in [3.05, 3.63) is 35.5 Å². The molecule has 0 aliphatic carbocycles. The molecule has 1 atom stereocenters. The normalized spacial score (nSPS) is 18.3. The lowest BCUT2D eigenvalue weighted by Crippen LogP contribution is -2.50. The number of nitrogens with zero attached hydrogens (tertiary/aromatic N) is 7. The number of aromatic nitrogens is 5. The summed E-state index contributed by atoms with van der Waals surface area (Å²) in [6.07, 6.45) is 3.15. The summed E-state index contributed by atoms with van der Waals surface area (Å²) in [5.41, 5.74) is 1.74. The molecule has 1 N–H and O–H groups in total. The van der Waals surface area contributed by atoms with Crippen LogP contribution in [0.3, 0.4) is 0 Å².